The topological polar surface area (TPSA) is 55.1 Å². The molecule has 0 aliphatic heterocycles. The monoisotopic (exact) mass is 244 g/mol. The zero-order valence-corrected chi connectivity index (χ0v) is 10.3. The number of carbonyl (C=O) groups excluding carboxylic acids is 1. The summed E-state index contributed by atoms with van der Waals surface area (Å²) in [4.78, 5) is 11.1. The first kappa shape index (κ1) is 12.4. The molecule has 0 saturated carbocycles. The average molecular weight is 244 g/mol. The lowest BCUT2D eigenvalue weighted by Gasteiger charge is -1.99. The molecule has 0 fully saturated rings. The molecule has 1 aromatic carbocycles. The molecular formula is C14H16N2O2. The van der Waals surface area contributed by atoms with Gasteiger partial charge in [-0.1, -0.05) is 42.4 Å². The van der Waals surface area contributed by atoms with Crippen LogP contribution in [-0.2, 0) is 11.2 Å². The number of aromatic nitrogens is 1. The SMILES string of the molecule is CCC(=O)NCCc1cc(-c2ccccc2)on1. The van der Waals surface area contributed by atoms with E-state index in [4.69, 9.17) is 4.52 Å². The molecule has 0 saturated heterocycles. The minimum atomic E-state index is 0.0572. The Labute approximate surface area is 106 Å². The third-order valence-electron chi connectivity index (χ3n) is 2.64. The minimum absolute atomic E-state index is 0.0572. The van der Waals surface area contributed by atoms with Crippen LogP contribution in [0.1, 0.15) is 19.0 Å². The molecule has 1 aromatic heterocycles. The van der Waals surface area contributed by atoms with Crippen LogP contribution < -0.4 is 5.32 Å². The smallest absolute Gasteiger partial charge is 0.219 e. The number of benzene rings is 1. The molecule has 0 bridgehead atoms. The number of nitrogens with one attached hydrogen (secondary N) is 1. The van der Waals surface area contributed by atoms with Crippen molar-refractivity contribution in [1.29, 1.82) is 0 Å². The van der Waals surface area contributed by atoms with Gasteiger partial charge >= 0.3 is 0 Å². The van der Waals surface area contributed by atoms with E-state index in [0.717, 1.165) is 17.0 Å². The van der Waals surface area contributed by atoms with Crippen LogP contribution >= 0.6 is 0 Å². The third-order valence-corrected chi connectivity index (χ3v) is 2.64. The zero-order chi connectivity index (χ0) is 12.8. The highest BCUT2D eigenvalue weighted by Gasteiger charge is 2.06. The summed E-state index contributed by atoms with van der Waals surface area (Å²) in [6, 6.07) is 11.7. The van der Waals surface area contributed by atoms with Crippen molar-refractivity contribution < 1.29 is 9.32 Å². The number of nitrogens with zero attached hydrogens (tertiary/aromatic N) is 1. The highest BCUT2D eigenvalue weighted by molar-refractivity contribution is 5.75. The van der Waals surface area contributed by atoms with Gasteiger partial charge in [0, 0.05) is 31.0 Å². The highest BCUT2D eigenvalue weighted by atomic mass is 16.5. The van der Waals surface area contributed by atoms with Gasteiger partial charge in [-0.2, -0.15) is 0 Å². The van der Waals surface area contributed by atoms with Crippen molar-refractivity contribution in [2.24, 2.45) is 0 Å². The first-order valence-corrected chi connectivity index (χ1v) is 6.07. The quantitative estimate of drug-likeness (QED) is 0.878. The maximum absolute atomic E-state index is 11.1. The van der Waals surface area contributed by atoms with Gasteiger partial charge in [-0.25, -0.2) is 0 Å². The Morgan fingerprint density at radius 3 is 2.83 bits per heavy atom. The lowest BCUT2D eigenvalue weighted by molar-refractivity contribution is -0.120. The van der Waals surface area contributed by atoms with E-state index < -0.39 is 0 Å². The molecule has 4 nitrogen and oxygen atoms in total. The molecule has 1 N–H and O–H groups in total. The Morgan fingerprint density at radius 2 is 2.11 bits per heavy atom. The van der Waals surface area contributed by atoms with Crippen molar-refractivity contribution in [2.75, 3.05) is 6.54 Å². The molecule has 18 heavy (non-hydrogen) atoms. The predicted octanol–water partition coefficient (Wildman–Crippen LogP) is 2.41. The molecule has 94 valence electrons. The summed E-state index contributed by atoms with van der Waals surface area (Å²) in [5.41, 5.74) is 1.86. The second kappa shape index (κ2) is 6.00. The van der Waals surface area contributed by atoms with E-state index >= 15 is 0 Å². The van der Waals surface area contributed by atoms with Crippen LogP contribution in [0.3, 0.4) is 0 Å². The largest absolute Gasteiger partial charge is 0.356 e. The van der Waals surface area contributed by atoms with E-state index in [-0.39, 0.29) is 5.91 Å². The Morgan fingerprint density at radius 1 is 1.33 bits per heavy atom. The number of hydrogen-bond acceptors (Lipinski definition) is 3. The van der Waals surface area contributed by atoms with Gasteiger partial charge in [0.15, 0.2) is 5.76 Å². The highest BCUT2D eigenvalue weighted by Crippen LogP contribution is 2.19. The van der Waals surface area contributed by atoms with Gasteiger partial charge < -0.3 is 9.84 Å². The average Bonchev–Trinajstić information content (AvgIpc) is 2.88. The Kier molecular flexibility index (Phi) is 4.12. The summed E-state index contributed by atoms with van der Waals surface area (Å²) in [6.45, 7) is 2.42. The second-order valence-electron chi connectivity index (χ2n) is 4.00. The molecule has 1 heterocycles. The lowest BCUT2D eigenvalue weighted by atomic mass is 10.1. The summed E-state index contributed by atoms with van der Waals surface area (Å²) in [6.07, 6.45) is 1.19. The Hall–Kier alpha value is -2.10. The second-order valence-corrected chi connectivity index (χ2v) is 4.00. The van der Waals surface area contributed by atoms with Crippen LogP contribution in [0.25, 0.3) is 11.3 Å². The maximum atomic E-state index is 11.1. The van der Waals surface area contributed by atoms with Crippen LogP contribution in [0.4, 0.5) is 0 Å². The van der Waals surface area contributed by atoms with Crippen LogP contribution in [-0.4, -0.2) is 17.6 Å². The van der Waals surface area contributed by atoms with Crippen molar-refractivity contribution in [3.8, 4) is 11.3 Å². The van der Waals surface area contributed by atoms with E-state index in [1.54, 1.807) is 0 Å². The lowest BCUT2D eigenvalue weighted by Crippen LogP contribution is -2.24. The summed E-state index contributed by atoms with van der Waals surface area (Å²) in [7, 11) is 0. The van der Waals surface area contributed by atoms with E-state index in [2.05, 4.69) is 10.5 Å². The Balaban J connectivity index is 1.93. The predicted molar refractivity (Wildman–Crippen MR) is 68.9 cm³/mol. The fraction of sp³-hybridized carbons (Fsp3) is 0.286. The van der Waals surface area contributed by atoms with E-state index in [1.807, 2.05) is 43.3 Å². The third kappa shape index (κ3) is 3.20. The minimum Gasteiger partial charge on any atom is -0.356 e. The summed E-state index contributed by atoms with van der Waals surface area (Å²) in [5, 5.41) is 6.80. The van der Waals surface area contributed by atoms with Gasteiger partial charge in [0.1, 0.15) is 0 Å². The van der Waals surface area contributed by atoms with Crippen molar-refractivity contribution in [3.63, 3.8) is 0 Å². The molecule has 2 rings (SSSR count). The fourth-order valence-corrected chi connectivity index (χ4v) is 1.62. The van der Waals surface area contributed by atoms with Crippen molar-refractivity contribution in [2.45, 2.75) is 19.8 Å². The van der Waals surface area contributed by atoms with Crippen LogP contribution in [0.5, 0.6) is 0 Å². The summed E-state index contributed by atoms with van der Waals surface area (Å²) < 4.78 is 5.27. The van der Waals surface area contributed by atoms with Gasteiger partial charge in [-0.3, -0.25) is 4.79 Å². The van der Waals surface area contributed by atoms with E-state index in [9.17, 15) is 4.79 Å². The Bertz CT molecular complexity index is 506. The maximum Gasteiger partial charge on any atom is 0.219 e. The first-order chi connectivity index (χ1) is 8.79. The molecule has 4 heteroatoms. The van der Waals surface area contributed by atoms with Crippen molar-refractivity contribution >= 4 is 5.91 Å². The van der Waals surface area contributed by atoms with Gasteiger partial charge in [-0.15, -0.1) is 0 Å². The number of rotatable bonds is 5. The summed E-state index contributed by atoms with van der Waals surface area (Å²) in [5.74, 6) is 0.814. The first-order valence-electron chi connectivity index (χ1n) is 6.07. The molecule has 0 aliphatic rings. The van der Waals surface area contributed by atoms with Gasteiger partial charge in [-0.05, 0) is 0 Å². The van der Waals surface area contributed by atoms with Gasteiger partial charge in [0.05, 0.1) is 5.69 Å². The number of carbonyl (C=O) groups is 1. The van der Waals surface area contributed by atoms with Crippen LogP contribution in [0.2, 0.25) is 0 Å². The van der Waals surface area contributed by atoms with Gasteiger partial charge in [0.2, 0.25) is 5.91 Å². The number of amides is 1. The zero-order valence-electron chi connectivity index (χ0n) is 10.3. The molecule has 0 unspecified atom stereocenters. The van der Waals surface area contributed by atoms with Gasteiger partial charge in [0.25, 0.3) is 0 Å². The molecule has 0 radical (unpaired) electrons. The molecule has 1 amide bonds. The molecule has 2 aromatic rings. The molecule has 0 aliphatic carbocycles. The molecular weight excluding hydrogens is 228 g/mol. The van der Waals surface area contributed by atoms with Crippen molar-refractivity contribution in [3.05, 3.63) is 42.1 Å². The molecule has 0 atom stereocenters. The fourth-order valence-electron chi connectivity index (χ4n) is 1.62. The number of hydrogen-bond donors (Lipinski definition) is 1. The standard InChI is InChI=1S/C14H16N2O2/c1-2-14(17)15-9-8-12-10-13(18-16-12)11-6-4-3-5-7-11/h3-7,10H,2,8-9H2,1H3,(H,15,17). The molecule has 0 spiro atoms. The van der Waals surface area contributed by atoms with Crippen LogP contribution in [0.15, 0.2) is 40.9 Å². The van der Waals surface area contributed by atoms with E-state index in [0.29, 0.717) is 19.4 Å². The summed E-state index contributed by atoms with van der Waals surface area (Å²) >= 11 is 0. The van der Waals surface area contributed by atoms with Crippen LogP contribution in [0, 0.1) is 0 Å². The normalized spacial score (nSPS) is 10.3. The van der Waals surface area contributed by atoms with Crippen molar-refractivity contribution in [1.82, 2.24) is 10.5 Å². The van der Waals surface area contributed by atoms with E-state index in [1.165, 1.54) is 0 Å².